The van der Waals surface area contributed by atoms with Gasteiger partial charge in [0.05, 0.1) is 0 Å². The summed E-state index contributed by atoms with van der Waals surface area (Å²) in [4.78, 5) is 0. The Morgan fingerprint density at radius 1 is 1.67 bits per heavy atom. The Morgan fingerprint density at radius 3 is 2.56 bits per heavy atom. The van der Waals surface area contributed by atoms with Gasteiger partial charge in [0.25, 0.3) is 0 Å². The van der Waals surface area contributed by atoms with E-state index in [1.165, 1.54) is 12.8 Å². The largest absolute Gasteiger partial charge is 0.311 e. The van der Waals surface area contributed by atoms with Gasteiger partial charge in [0.2, 0.25) is 0 Å². The third-order valence-corrected chi connectivity index (χ3v) is 2.22. The molecular formula is C8H17N. The maximum Gasteiger partial charge on any atom is 0.00988 e. The SMILES string of the molecule is CCC(C)NC1CC1C. The summed E-state index contributed by atoms with van der Waals surface area (Å²) in [6.45, 7) is 6.79. The van der Waals surface area contributed by atoms with Crippen LogP contribution in [0.3, 0.4) is 0 Å². The second-order valence-electron chi connectivity index (χ2n) is 3.30. The molecule has 0 aromatic rings. The summed E-state index contributed by atoms with van der Waals surface area (Å²) >= 11 is 0. The third kappa shape index (κ3) is 1.98. The molecule has 0 spiro atoms. The van der Waals surface area contributed by atoms with Gasteiger partial charge in [-0.2, -0.15) is 0 Å². The zero-order valence-corrected chi connectivity index (χ0v) is 6.65. The van der Waals surface area contributed by atoms with Crippen molar-refractivity contribution in [3.63, 3.8) is 0 Å². The molecule has 0 aromatic carbocycles. The van der Waals surface area contributed by atoms with Gasteiger partial charge in [0.1, 0.15) is 0 Å². The van der Waals surface area contributed by atoms with Gasteiger partial charge in [-0.15, -0.1) is 0 Å². The zero-order valence-electron chi connectivity index (χ0n) is 6.65. The summed E-state index contributed by atoms with van der Waals surface area (Å²) in [5, 5.41) is 3.55. The fourth-order valence-electron chi connectivity index (χ4n) is 1.04. The van der Waals surface area contributed by atoms with Crippen LogP contribution in [0.25, 0.3) is 0 Å². The molecule has 0 saturated heterocycles. The summed E-state index contributed by atoms with van der Waals surface area (Å²) in [6.07, 6.45) is 2.65. The fourth-order valence-corrected chi connectivity index (χ4v) is 1.04. The molecule has 0 aliphatic heterocycles. The molecule has 1 heteroatoms. The summed E-state index contributed by atoms with van der Waals surface area (Å²) in [6, 6.07) is 1.57. The number of hydrogen-bond acceptors (Lipinski definition) is 1. The van der Waals surface area contributed by atoms with Crippen LogP contribution in [0.1, 0.15) is 33.6 Å². The van der Waals surface area contributed by atoms with Crippen molar-refractivity contribution in [3.05, 3.63) is 0 Å². The van der Waals surface area contributed by atoms with Gasteiger partial charge in [-0.1, -0.05) is 13.8 Å². The van der Waals surface area contributed by atoms with Crippen LogP contribution >= 0.6 is 0 Å². The van der Waals surface area contributed by atoms with Gasteiger partial charge >= 0.3 is 0 Å². The van der Waals surface area contributed by atoms with Gasteiger partial charge < -0.3 is 5.32 Å². The monoisotopic (exact) mass is 127 g/mol. The molecule has 0 radical (unpaired) electrons. The van der Waals surface area contributed by atoms with Crippen molar-refractivity contribution < 1.29 is 0 Å². The van der Waals surface area contributed by atoms with Crippen molar-refractivity contribution in [2.75, 3.05) is 0 Å². The van der Waals surface area contributed by atoms with Crippen LogP contribution in [-0.4, -0.2) is 12.1 Å². The second-order valence-corrected chi connectivity index (χ2v) is 3.30. The predicted octanol–water partition coefficient (Wildman–Crippen LogP) is 1.78. The molecule has 1 saturated carbocycles. The van der Waals surface area contributed by atoms with Gasteiger partial charge in [-0.25, -0.2) is 0 Å². The van der Waals surface area contributed by atoms with Gasteiger partial charge in [0, 0.05) is 12.1 Å². The van der Waals surface area contributed by atoms with Crippen LogP contribution in [0.5, 0.6) is 0 Å². The average molecular weight is 127 g/mol. The Kier molecular flexibility index (Phi) is 2.12. The Morgan fingerprint density at radius 2 is 2.22 bits per heavy atom. The molecule has 0 bridgehead atoms. The lowest BCUT2D eigenvalue weighted by molar-refractivity contribution is 0.517. The lowest BCUT2D eigenvalue weighted by Crippen LogP contribution is -2.28. The van der Waals surface area contributed by atoms with Crippen LogP contribution in [-0.2, 0) is 0 Å². The highest BCUT2D eigenvalue weighted by molar-refractivity contribution is 4.90. The van der Waals surface area contributed by atoms with Gasteiger partial charge in [-0.05, 0) is 25.7 Å². The van der Waals surface area contributed by atoms with Gasteiger partial charge in [0.15, 0.2) is 0 Å². The average Bonchev–Trinajstić information content (AvgIpc) is 2.47. The molecule has 0 amide bonds. The molecule has 1 aliphatic rings. The highest BCUT2D eigenvalue weighted by Gasteiger charge is 2.32. The molecule has 9 heavy (non-hydrogen) atoms. The summed E-state index contributed by atoms with van der Waals surface area (Å²) in [5.41, 5.74) is 0. The van der Waals surface area contributed by atoms with E-state index >= 15 is 0 Å². The first kappa shape index (κ1) is 7.07. The minimum absolute atomic E-state index is 0.722. The fraction of sp³-hybridized carbons (Fsp3) is 1.00. The molecule has 1 nitrogen and oxygen atoms in total. The Labute approximate surface area is 57.8 Å². The smallest absolute Gasteiger partial charge is 0.00988 e. The van der Waals surface area contributed by atoms with E-state index in [9.17, 15) is 0 Å². The molecular weight excluding hydrogens is 110 g/mol. The molecule has 3 unspecified atom stereocenters. The predicted molar refractivity (Wildman–Crippen MR) is 40.5 cm³/mol. The summed E-state index contributed by atoms with van der Waals surface area (Å²) in [5.74, 6) is 0.944. The van der Waals surface area contributed by atoms with E-state index < -0.39 is 0 Å². The van der Waals surface area contributed by atoms with Crippen LogP contribution in [0.15, 0.2) is 0 Å². The van der Waals surface area contributed by atoms with Crippen molar-refractivity contribution in [2.45, 2.75) is 45.7 Å². The molecule has 0 aromatic heterocycles. The van der Waals surface area contributed by atoms with Crippen molar-refractivity contribution in [1.82, 2.24) is 5.32 Å². The second kappa shape index (κ2) is 2.70. The highest BCUT2D eigenvalue weighted by Crippen LogP contribution is 2.29. The van der Waals surface area contributed by atoms with Crippen molar-refractivity contribution in [3.8, 4) is 0 Å². The Bertz CT molecular complexity index is 88.6. The zero-order chi connectivity index (χ0) is 6.85. The van der Waals surface area contributed by atoms with E-state index in [1.807, 2.05) is 0 Å². The number of hydrogen-bond donors (Lipinski definition) is 1. The van der Waals surface area contributed by atoms with Crippen molar-refractivity contribution in [2.24, 2.45) is 5.92 Å². The van der Waals surface area contributed by atoms with E-state index in [0.29, 0.717) is 0 Å². The number of rotatable bonds is 3. The minimum Gasteiger partial charge on any atom is -0.311 e. The minimum atomic E-state index is 0.722. The number of nitrogens with one attached hydrogen (secondary N) is 1. The topological polar surface area (TPSA) is 12.0 Å². The lowest BCUT2D eigenvalue weighted by atomic mass is 10.2. The lowest BCUT2D eigenvalue weighted by Gasteiger charge is -2.09. The maximum absolute atomic E-state index is 3.55. The molecule has 3 atom stereocenters. The first-order chi connectivity index (χ1) is 4.24. The molecule has 0 heterocycles. The summed E-state index contributed by atoms with van der Waals surface area (Å²) < 4.78 is 0. The van der Waals surface area contributed by atoms with Crippen LogP contribution in [0.4, 0.5) is 0 Å². The first-order valence-corrected chi connectivity index (χ1v) is 4.00. The molecule has 1 rings (SSSR count). The van der Waals surface area contributed by atoms with Crippen LogP contribution < -0.4 is 5.32 Å². The quantitative estimate of drug-likeness (QED) is 0.609. The molecule has 1 aliphatic carbocycles. The Hall–Kier alpha value is -0.0400. The molecule has 1 N–H and O–H groups in total. The molecule has 54 valence electrons. The van der Waals surface area contributed by atoms with E-state index in [2.05, 4.69) is 26.1 Å². The standard InChI is InChI=1S/C8H17N/c1-4-7(3)9-8-5-6(8)2/h6-9H,4-5H2,1-3H3. The molecule has 1 fully saturated rings. The van der Waals surface area contributed by atoms with Crippen molar-refractivity contribution >= 4 is 0 Å². The van der Waals surface area contributed by atoms with E-state index in [1.54, 1.807) is 0 Å². The van der Waals surface area contributed by atoms with Crippen LogP contribution in [0, 0.1) is 5.92 Å². The highest BCUT2D eigenvalue weighted by atomic mass is 15.0. The Balaban J connectivity index is 2.05. The van der Waals surface area contributed by atoms with Crippen molar-refractivity contribution in [1.29, 1.82) is 0 Å². The third-order valence-electron chi connectivity index (χ3n) is 2.22. The van der Waals surface area contributed by atoms with E-state index in [0.717, 1.165) is 18.0 Å². The van der Waals surface area contributed by atoms with E-state index in [4.69, 9.17) is 0 Å². The maximum atomic E-state index is 3.55. The normalized spacial score (nSPS) is 36.3. The van der Waals surface area contributed by atoms with Crippen LogP contribution in [0.2, 0.25) is 0 Å². The van der Waals surface area contributed by atoms with Gasteiger partial charge in [-0.3, -0.25) is 0 Å². The summed E-state index contributed by atoms with van der Waals surface area (Å²) in [7, 11) is 0. The van der Waals surface area contributed by atoms with E-state index in [-0.39, 0.29) is 0 Å². The first-order valence-electron chi connectivity index (χ1n) is 4.00.